The maximum Gasteiger partial charge on any atom is 0.223 e. The highest BCUT2D eigenvalue weighted by molar-refractivity contribution is 5.75. The Morgan fingerprint density at radius 1 is 0.710 bits per heavy atom. The smallest absolute Gasteiger partial charge is 0.223 e. The maximum absolute atomic E-state index is 12.4. The summed E-state index contributed by atoms with van der Waals surface area (Å²) in [5, 5.41) is 43.1. The highest BCUT2D eigenvalue weighted by Crippen LogP contribution is 2.30. The summed E-state index contributed by atoms with van der Waals surface area (Å²) in [5.74, 6) is -1.91. The van der Waals surface area contributed by atoms with E-state index in [-0.39, 0.29) is 20.0 Å². The SMILES string of the molecule is CC(=O)N1CN([N+](=O)[O-])CN([N+](=O)[O-])C(C)N(C(C)=O)C2C1N([N+](=O)[O-])CN2[N+](=O)[O-]. The minimum atomic E-state index is -1.87. The van der Waals surface area contributed by atoms with Crippen molar-refractivity contribution >= 4 is 11.8 Å². The molecule has 31 heavy (non-hydrogen) atoms. The largest absolute Gasteiger partial charge is 0.290 e. The van der Waals surface area contributed by atoms with E-state index in [0.717, 1.165) is 20.8 Å². The Morgan fingerprint density at radius 3 is 1.58 bits per heavy atom. The van der Waals surface area contributed by atoms with Gasteiger partial charge in [0.05, 0.1) is 0 Å². The highest BCUT2D eigenvalue weighted by atomic mass is 16.7. The monoisotopic (exact) mass is 450 g/mol. The number of amides is 2. The number of hydrogen-bond donors (Lipinski definition) is 0. The van der Waals surface area contributed by atoms with Gasteiger partial charge >= 0.3 is 0 Å². The van der Waals surface area contributed by atoms with E-state index in [0.29, 0.717) is 9.80 Å². The average molecular weight is 450 g/mol. The van der Waals surface area contributed by atoms with E-state index in [1.54, 1.807) is 0 Å². The number of hydrogen-bond acceptors (Lipinski definition) is 10. The van der Waals surface area contributed by atoms with E-state index in [9.17, 15) is 50.0 Å². The van der Waals surface area contributed by atoms with Gasteiger partial charge in [-0.3, -0.25) is 19.4 Å². The second-order valence-corrected chi connectivity index (χ2v) is 6.57. The van der Waals surface area contributed by atoms with E-state index < -0.39 is 70.4 Å². The Morgan fingerprint density at radius 2 is 1.19 bits per heavy atom. The van der Waals surface area contributed by atoms with Crippen molar-refractivity contribution in [3.05, 3.63) is 40.5 Å². The van der Waals surface area contributed by atoms with E-state index >= 15 is 0 Å². The summed E-state index contributed by atoms with van der Waals surface area (Å²) in [6.07, 6.45) is -5.35. The van der Waals surface area contributed by atoms with Crippen LogP contribution in [0.5, 0.6) is 0 Å². The van der Waals surface area contributed by atoms with Crippen LogP contribution in [0.1, 0.15) is 20.8 Å². The van der Waals surface area contributed by atoms with Crippen LogP contribution < -0.4 is 0 Å². The fourth-order valence-corrected chi connectivity index (χ4v) is 3.51. The van der Waals surface area contributed by atoms with Crippen molar-refractivity contribution in [2.24, 2.45) is 0 Å². The molecule has 0 bridgehead atoms. The number of fused-ring (bicyclic) bond motifs is 1. The number of nitrogens with zero attached hydrogens (tertiary/aromatic N) is 10. The lowest BCUT2D eigenvalue weighted by molar-refractivity contribution is -0.722. The van der Waals surface area contributed by atoms with Gasteiger partial charge in [0.25, 0.3) is 0 Å². The third-order valence-electron chi connectivity index (χ3n) is 4.86. The van der Waals surface area contributed by atoms with Gasteiger partial charge in [0.2, 0.25) is 37.5 Å². The van der Waals surface area contributed by atoms with E-state index in [2.05, 4.69) is 0 Å². The normalized spacial score (nSPS) is 24.2. The first kappa shape index (κ1) is 23.0. The molecule has 20 heteroatoms. The second-order valence-electron chi connectivity index (χ2n) is 6.57. The third kappa shape index (κ3) is 4.06. The standard InChI is InChI=1S/C11H18N10O10/c1-7-14(19(26)27)5-12(18(24)25)4-13(8(2)22)10-11(17(7)9(3)23)16(21(30)31)6-15(10)20(28)29/h7,10-11H,4-6H2,1-3H3. The molecule has 0 aliphatic carbocycles. The first-order valence-corrected chi connectivity index (χ1v) is 8.47. The number of carbonyl (C=O) groups is 2. The number of hydrazine groups is 4. The van der Waals surface area contributed by atoms with Crippen molar-refractivity contribution < 1.29 is 29.7 Å². The molecule has 0 aromatic heterocycles. The molecule has 0 spiro atoms. The zero-order chi connectivity index (χ0) is 23.8. The van der Waals surface area contributed by atoms with Crippen molar-refractivity contribution in [3.8, 4) is 0 Å². The first-order valence-electron chi connectivity index (χ1n) is 8.47. The molecule has 2 amide bonds. The Labute approximate surface area is 172 Å². The van der Waals surface area contributed by atoms with Gasteiger partial charge in [0.15, 0.2) is 33.0 Å². The zero-order valence-corrected chi connectivity index (χ0v) is 16.4. The van der Waals surface area contributed by atoms with Gasteiger partial charge in [-0.05, 0) is 6.92 Å². The van der Waals surface area contributed by atoms with Crippen LogP contribution >= 0.6 is 0 Å². The van der Waals surface area contributed by atoms with Crippen molar-refractivity contribution in [2.75, 3.05) is 20.0 Å². The highest BCUT2D eigenvalue weighted by Gasteiger charge is 2.61. The Hall–Kier alpha value is -4.26. The fraction of sp³-hybridized carbons (Fsp3) is 0.818. The number of carbonyl (C=O) groups excluding carboxylic acids is 2. The molecule has 2 fully saturated rings. The molecule has 2 rings (SSSR count). The summed E-state index contributed by atoms with van der Waals surface area (Å²) < 4.78 is 0. The lowest BCUT2D eigenvalue weighted by Crippen LogP contribution is -2.64. The lowest BCUT2D eigenvalue weighted by atomic mass is 10.2. The summed E-state index contributed by atoms with van der Waals surface area (Å²) in [6.45, 7) is -0.123. The Kier molecular flexibility index (Phi) is 6.12. The van der Waals surface area contributed by atoms with Crippen molar-refractivity contribution in [1.29, 1.82) is 0 Å². The Bertz CT molecular complexity index is 823. The van der Waals surface area contributed by atoms with Gasteiger partial charge in [0, 0.05) is 13.8 Å². The predicted octanol–water partition coefficient (Wildman–Crippen LogP) is -2.44. The summed E-state index contributed by atoms with van der Waals surface area (Å²) in [4.78, 5) is 72.2. The van der Waals surface area contributed by atoms with Crippen LogP contribution in [-0.4, -0.2) is 100 Å². The molecule has 2 aliphatic rings. The summed E-state index contributed by atoms with van der Waals surface area (Å²) in [7, 11) is 0. The van der Waals surface area contributed by atoms with Gasteiger partial charge in [0.1, 0.15) is 0 Å². The molecule has 0 aromatic carbocycles. The molecule has 0 aromatic rings. The first-order chi connectivity index (χ1) is 14.3. The maximum atomic E-state index is 12.4. The van der Waals surface area contributed by atoms with Gasteiger partial charge in [-0.25, -0.2) is 40.5 Å². The van der Waals surface area contributed by atoms with Gasteiger partial charge in [-0.1, -0.05) is 20.0 Å². The summed E-state index contributed by atoms with van der Waals surface area (Å²) >= 11 is 0. The van der Waals surface area contributed by atoms with Gasteiger partial charge < -0.3 is 0 Å². The van der Waals surface area contributed by atoms with Crippen molar-refractivity contribution in [3.63, 3.8) is 0 Å². The van der Waals surface area contributed by atoms with E-state index in [1.165, 1.54) is 0 Å². The minimum Gasteiger partial charge on any atom is -0.290 e. The van der Waals surface area contributed by atoms with Crippen LogP contribution in [0.3, 0.4) is 0 Å². The Balaban J connectivity index is 2.81. The van der Waals surface area contributed by atoms with Gasteiger partial charge in [-0.15, -0.1) is 0 Å². The van der Waals surface area contributed by atoms with Crippen LogP contribution in [0.2, 0.25) is 0 Å². The summed E-state index contributed by atoms with van der Waals surface area (Å²) in [6, 6.07) is 0. The lowest BCUT2D eigenvalue weighted by Gasteiger charge is -2.38. The summed E-state index contributed by atoms with van der Waals surface area (Å²) in [5.41, 5.74) is 0. The van der Waals surface area contributed by atoms with Crippen LogP contribution in [0.4, 0.5) is 0 Å². The molecule has 3 unspecified atom stereocenters. The molecule has 172 valence electrons. The molecule has 2 heterocycles. The van der Waals surface area contributed by atoms with Crippen LogP contribution in [0.15, 0.2) is 0 Å². The number of rotatable bonds is 4. The predicted molar refractivity (Wildman–Crippen MR) is 92.0 cm³/mol. The molecule has 20 nitrogen and oxygen atoms in total. The topological polar surface area (TPSA) is 226 Å². The zero-order valence-electron chi connectivity index (χ0n) is 16.4. The van der Waals surface area contributed by atoms with E-state index in [1.807, 2.05) is 0 Å². The molecular weight excluding hydrogens is 432 g/mol. The molecule has 2 aliphatic heterocycles. The molecule has 3 atom stereocenters. The quantitative estimate of drug-likeness (QED) is 0.320. The average Bonchev–Trinajstić information content (AvgIpc) is 3.01. The minimum absolute atomic E-state index is 0.230. The fourth-order valence-electron chi connectivity index (χ4n) is 3.51. The van der Waals surface area contributed by atoms with Crippen molar-refractivity contribution in [2.45, 2.75) is 39.3 Å². The molecule has 2 saturated heterocycles. The van der Waals surface area contributed by atoms with Crippen LogP contribution in [0, 0.1) is 40.5 Å². The molecular formula is C11H18N10O10. The second kappa shape index (κ2) is 8.23. The number of nitro groups is 4. The molecule has 0 saturated carbocycles. The van der Waals surface area contributed by atoms with Gasteiger partial charge in [-0.2, -0.15) is 0 Å². The molecule has 0 radical (unpaired) electrons. The van der Waals surface area contributed by atoms with E-state index in [4.69, 9.17) is 0 Å². The van der Waals surface area contributed by atoms with Crippen LogP contribution in [-0.2, 0) is 9.59 Å². The van der Waals surface area contributed by atoms with Crippen molar-refractivity contribution in [1.82, 2.24) is 29.8 Å². The molecule has 0 N–H and O–H groups in total. The van der Waals surface area contributed by atoms with Crippen LogP contribution in [0.25, 0.3) is 0 Å². The third-order valence-corrected chi connectivity index (χ3v) is 4.86.